The van der Waals surface area contributed by atoms with E-state index in [0.717, 1.165) is 23.4 Å². The molecular weight excluding hydrogens is 250 g/mol. The van der Waals surface area contributed by atoms with E-state index in [4.69, 9.17) is 4.74 Å². The molecule has 0 aliphatic rings. The summed E-state index contributed by atoms with van der Waals surface area (Å²) in [5.41, 5.74) is 3.18. The van der Waals surface area contributed by atoms with Crippen LogP contribution in [0.5, 0.6) is 11.5 Å². The summed E-state index contributed by atoms with van der Waals surface area (Å²) in [6, 6.07) is 14.0. The predicted molar refractivity (Wildman–Crippen MR) is 82.6 cm³/mol. The molecule has 2 rings (SSSR count). The lowest BCUT2D eigenvalue weighted by Gasteiger charge is -2.16. The number of ether oxygens (including phenoxy) is 1. The Morgan fingerprint density at radius 1 is 1.15 bits per heavy atom. The van der Waals surface area contributed by atoms with Crippen LogP contribution < -0.4 is 10.1 Å². The molecular formula is C17H21NO2. The first-order valence-corrected chi connectivity index (χ1v) is 6.77. The average molecular weight is 271 g/mol. The molecule has 3 heteroatoms. The number of hydrogen-bond donors (Lipinski definition) is 2. The van der Waals surface area contributed by atoms with E-state index in [9.17, 15) is 5.11 Å². The first-order valence-electron chi connectivity index (χ1n) is 6.77. The van der Waals surface area contributed by atoms with Crippen LogP contribution in [0.25, 0.3) is 0 Å². The number of methoxy groups -OCH3 is 1. The summed E-state index contributed by atoms with van der Waals surface area (Å²) in [6.45, 7) is 4.04. The van der Waals surface area contributed by atoms with Gasteiger partial charge in [-0.05, 0) is 61.7 Å². The highest BCUT2D eigenvalue weighted by Gasteiger charge is 2.05. The van der Waals surface area contributed by atoms with E-state index in [-0.39, 0.29) is 0 Å². The predicted octanol–water partition coefficient (Wildman–Crippen LogP) is 3.75. The maximum Gasteiger partial charge on any atom is 0.118 e. The highest BCUT2D eigenvalue weighted by atomic mass is 16.5. The first-order chi connectivity index (χ1) is 9.58. The van der Waals surface area contributed by atoms with Gasteiger partial charge in [-0.15, -0.1) is 0 Å². The summed E-state index contributed by atoms with van der Waals surface area (Å²) in [6.07, 6.45) is 0.934. The van der Waals surface area contributed by atoms with Crippen LogP contribution in [0.2, 0.25) is 0 Å². The molecule has 0 saturated heterocycles. The first kappa shape index (κ1) is 14.3. The quantitative estimate of drug-likeness (QED) is 0.814. The molecule has 0 spiro atoms. The molecule has 106 valence electrons. The highest BCUT2D eigenvalue weighted by Crippen LogP contribution is 2.21. The lowest BCUT2D eigenvalue weighted by atomic mass is 10.1. The Bertz CT molecular complexity index is 564. The van der Waals surface area contributed by atoms with Crippen LogP contribution in [-0.4, -0.2) is 18.3 Å². The SMILES string of the molecule is COc1ccc(CC(C)Nc2ccc(O)c(C)c2)cc1. The molecule has 1 unspecified atom stereocenters. The molecule has 2 N–H and O–H groups in total. The fraction of sp³-hybridized carbons (Fsp3) is 0.294. The number of phenolic OH excluding ortho intramolecular Hbond substituents is 1. The second kappa shape index (κ2) is 6.33. The third-order valence-electron chi connectivity index (χ3n) is 3.31. The fourth-order valence-corrected chi connectivity index (χ4v) is 2.20. The van der Waals surface area contributed by atoms with Crippen LogP contribution in [0.4, 0.5) is 5.69 Å². The van der Waals surface area contributed by atoms with Gasteiger partial charge in [-0.1, -0.05) is 12.1 Å². The van der Waals surface area contributed by atoms with Crippen molar-refractivity contribution < 1.29 is 9.84 Å². The van der Waals surface area contributed by atoms with Gasteiger partial charge in [-0.2, -0.15) is 0 Å². The molecule has 0 bridgehead atoms. The average Bonchev–Trinajstić information content (AvgIpc) is 2.44. The molecule has 0 radical (unpaired) electrons. The van der Waals surface area contributed by atoms with Crippen LogP contribution in [0.1, 0.15) is 18.1 Å². The van der Waals surface area contributed by atoms with Gasteiger partial charge in [-0.25, -0.2) is 0 Å². The highest BCUT2D eigenvalue weighted by molar-refractivity contribution is 5.51. The van der Waals surface area contributed by atoms with Crippen molar-refractivity contribution in [1.29, 1.82) is 0 Å². The molecule has 0 amide bonds. The van der Waals surface area contributed by atoms with Crippen molar-refractivity contribution in [2.75, 3.05) is 12.4 Å². The zero-order valence-electron chi connectivity index (χ0n) is 12.2. The monoisotopic (exact) mass is 271 g/mol. The van der Waals surface area contributed by atoms with Crippen molar-refractivity contribution in [3.05, 3.63) is 53.6 Å². The van der Waals surface area contributed by atoms with Crippen molar-refractivity contribution in [3.8, 4) is 11.5 Å². The minimum absolute atomic E-state index is 0.312. The maximum atomic E-state index is 9.52. The fourth-order valence-electron chi connectivity index (χ4n) is 2.20. The lowest BCUT2D eigenvalue weighted by Crippen LogP contribution is -2.18. The molecule has 2 aromatic carbocycles. The molecule has 3 nitrogen and oxygen atoms in total. The Hall–Kier alpha value is -2.16. The van der Waals surface area contributed by atoms with Gasteiger partial charge in [0.25, 0.3) is 0 Å². The normalized spacial score (nSPS) is 11.9. The Morgan fingerprint density at radius 2 is 1.85 bits per heavy atom. The van der Waals surface area contributed by atoms with E-state index in [1.165, 1.54) is 5.56 Å². The van der Waals surface area contributed by atoms with Crippen molar-refractivity contribution in [3.63, 3.8) is 0 Å². The van der Waals surface area contributed by atoms with Gasteiger partial charge in [0.05, 0.1) is 7.11 Å². The molecule has 1 atom stereocenters. The smallest absolute Gasteiger partial charge is 0.118 e. The van der Waals surface area contributed by atoms with Gasteiger partial charge in [-0.3, -0.25) is 0 Å². The molecule has 0 heterocycles. The Labute approximate surface area is 120 Å². The summed E-state index contributed by atoms with van der Waals surface area (Å²) in [5, 5.41) is 13.0. The minimum Gasteiger partial charge on any atom is -0.508 e. The lowest BCUT2D eigenvalue weighted by molar-refractivity contribution is 0.414. The van der Waals surface area contributed by atoms with E-state index in [1.807, 2.05) is 31.2 Å². The molecule has 0 aliphatic heterocycles. The summed E-state index contributed by atoms with van der Waals surface area (Å²) in [5.74, 6) is 1.21. The van der Waals surface area contributed by atoms with Gasteiger partial charge in [0.1, 0.15) is 11.5 Å². The van der Waals surface area contributed by atoms with Gasteiger partial charge in [0.15, 0.2) is 0 Å². The number of phenols is 1. The molecule has 0 aromatic heterocycles. The van der Waals surface area contributed by atoms with Gasteiger partial charge < -0.3 is 15.2 Å². The summed E-state index contributed by atoms with van der Waals surface area (Å²) >= 11 is 0. The summed E-state index contributed by atoms with van der Waals surface area (Å²) < 4.78 is 5.15. The number of anilines is 1. The van der Waals surface area contributed by atoms with Crippen LogP contribution in [-0.2, 0) is 6.42 Å². The van der Waals surface area contributed by atoms with E-state index in [2.05, 4.69) is 24.4 Å². The second-order valence-corrected chi connectivity index (χ2v) is 5.10. The van der Waals surface area contributed by atoms with E-state index in [0.29, 0.717) is 11.8 Å². The van der Waals surface area contributed by atoms with E-state index in [1.54, 1.807) is 13.2 Å². The number of aromatic hydroxyl groups is 1. The number of hydrogen-bond acceptors (Lipinski definition) is 3. The molecule has 0 saturated carbocycles. The molecule has 0 fully saturated rings. The van der Waals surface area contributed by atoms with Crippen LogP contribution in [0, 0.1) is 6.92 Å². The maximum absolute atomic E-state index is 9.52. The van der Waals surface area contributed by atoms with Crippen LogP contribution in [0.15, 0.2) is 42.5 Å². The number of rotatable bonds is 5. The topological polar surface area (TPSA) is 41.5 Å². The van der Waals surface area contributed by atoms with E-state index >= 15 is 0 Å². The van der Waals surface area contributed by atoms with E-state index < -0.39 is 0 Å². The third-order valence-corrected chi connectivity index (χ3v) is 3.31. The van der Waals surface area contributed by atoms with Crippen LogP contribution in [0.3, 0.4) is 0 Å². The van der Waals surface area contributed by atoms with Crippen molar-refractivity contribution in [1.82, 2.24) is 0 Å². The number of nitrogens with one attached hydrogen (secondary N) is 1. The zero-order valence-corrected chi connectivity index (χ0v) is 12.2. The zero-order chi connectivity index (χ0) is 14.5. The van der Waals surface area contributed by atoms with Gasteiger partial charge >= 0.3 is 0 Å². The standard InChI is InChI=1S/C17H21NO2/c1-12-10-15(6-9-17(12)19)18-13(2)11-14-4-7-16(20-3)8-5-14/h4-10,13,18-19H,11H2,1-3H3. The third kappa shape index (κ3) is 3.67. The minimum atomic E-state index is 0.312. The van der Waals surface area contributed by atoms with Crippen LogP contribution >= 0.6 is 0 Å². The Balaban J connectivity index is 1.97. The van der Waals surface area contributed by atoms with Gasteiger partial charge in [0.2, 0.25) is 0 Å². The van der Waals surface area contributed by atoms with Crippen molar-refractivity contribution in [2.24, 2.45) is 0 Å². The second-order valence-electron chi connectivity index (χ2n) is 5.10. The Morgan fingerprint density at radius 3 is 2.45 bits per heavy atom. The summed E-state index contributed by atoms with van der Waals surface area (Å²) in [4.78, 5) is 0. The molecule has 0 aliphatic carbocycles. The largest absolute Gasteiger partial charge is 0.508 e. The molecule has 20 heavy (non-hydrogen) atoms. The summed E-state index contributed by atoms with van der Waals surface area (Å²) in [7, 11) is 1.67. The van der Waals surface area contributed by atoms with Crippen molar-refractivity contribution in [2.45, 2.75) is 26.3 Å². The molecule has 2 aromatic rings. The van der Waals surface area contributed by atoms with Gasteiger partial charge in [0, 0.05) is 11.7 Å². The number of benzene rings is 2. The Kier molecular flexibility index (Phi) is 4.51. The van der Waals surface area contributed by atoms with Crippen molar-refractivity contribution >= 4 is 5.69 Å². The number of aryl methyl sites for hydroxylation is 1.